The summed E-state index contributed by atoms with van der Waals surface area (Å²) >= 11 is 15.2. The minimum Gasteiger partial charge on any atom is -0.493 e. The molecular formula is C25H23Cl2IN2O5S. The van der Waals surface area contributed by atoms with E-state index >= 15 is 0 Å². The van der Waals surface area contributed by atoms with E-state index in [1.807, 2.05) is 6.07 Å². The predicted octanol–water partition coefficient (Wildman–Crippen LogP) is 6.23. The van der Waals surface area contributed by atoms with Crippen molar-refractivity contribution >= 4 is 80.7 Å². The van der Waals surface area contributed by atoms with Gasteiger partial charge in [0, 0.05) is 28.7 Å². The van der Waals surface area contributed by atoms with Crippen LogP contribution in [0.25, 0.3) is 6.08 Å². The van der Waals surface area contributed by atoms with Crippen LogP contribution in [0.3, 0.4) is 0 Å². The first-order valence-electron chi connectivity index (χ1n) is 11.2. The van der Waals surface area contributed by atoms with Crippen LogP contribution in [-0.4, -0.2) is 53.6 Å². The molecule has 0 spiro atoms. The Morgan fingerprint density at radius 3 is 2.58 bits per heavy atom. The second-order valence-electron chi connectivity index (χ2n) is 8.27. The van der Waals surface area contributed by atoms with Crippen LogP contribution in [0, 0.1) is 3.57 Å². The quantitative estimate of drug-likeness (QED) is 0.259. The third-order valence-corrected chi connectivity index (χ3v) is 8.11. The molecule has 0 aliphatic carbocycles. The fraction of sp³-hybridized carbons (Fsp3) is 0.320. The van der Waals surface area contributed by atoms with E-state index in [0.717, 1.165) is 45.1 Å². The van der Waals surface area contributed by atoms with Crippen molar-refractivity contribution in [2.24, 2.45) is 0 Å². The smallest absolute Gasteiger partial charge is 0.294 e. The van der Waals surface area contributed by atoms with Crippen LogP contribution in [0.1, 0.15) is 30.4 Å². The molecule has 190 valence electrons. The molecule has 0 N–H and O–H groups in total. The summed E-state index contributed by atoms with van der Waals surface area (Å²) in [4.78, 5) is 41.0. The maximum absolute atomic E-state index is 12.9. The van der Waals surface area contributed by atoms with Gasteiger partial charge in [-0.05, 0) is 89.5 Å². The standard InChI is InChI=1S/C25H23Cl2IN2O5S/c1-34-20-10-15(9-19(28)23(20)35-14-16-5-6-17(26)12-18(16)27)11-21-24(32)30(25(33)36-21)13-22(31)29-7-3-2-4-8-29/h5-6,9-12H,2-4,7-8,13-14H2,1H3/b21-11-. The molecule has 2 aliphatic rings. The lowest BCUT2D eigenvalue weighted by Gasteiger charge is -2.27. The molecule has 0 bridgehead atoms. The second-order valence-corrected chi connectivity index (χ2v) is 11.3. The average Bonchev–Trinajstić information content (AvgIpc) is 3.11. The van der Waals surface area contributed by atoms with Gasteiger partial charge in [-0.25, -0.2) is 0 Å². The molecule has 2 aromatic carbocycles. The van der Waals surface area contributed by atoms with Crippen LogP contribution in [0.2, 0.25) is 10.0 Å². The number of benzene rings is 2. The first kappa shape index (κ1) is 27.1. The Hall–Kier alpha value is -1.95. The summed E-state index contributed by atoms with van der Waals surface area (Å²) in [6, 6.07) is 8.75. The molecule has 0 aromatic heterocycles. The average molecular weight is 661 g/mol. The van der Waals surface area contributed by atoms with Gasteiger partial charge in [-0.1, -0.05) is 29.3 Å². The summed E-state index contributed by atoms with van der Waals surface area (Å²) < 4.78 is 12.3. The van der Waals surface area contributed by atoms with Gasteiger partial charge in [0.1, 0.15) is 13.2 Å². The lowest BCUT2D eigenvalue weighted by molar-refractivity contribution is -0.136. The van der Waals surface area contributed by atoms with Gasteiger partial charge in [-0.2, -0.15) is 0 Å². The van der Waals surface area contributed by atoms with Gasteiger partial charge in [-0.3, -0.25) is 19.3 Å². The Bertz CT molecular complexity index is 1230. The van der Waals surface area contributed by atoms with Gasteiger partial charge in [-0.15, -0.1) is 0 Å². The molecule has 2 saturated heterocycles. The molecule has 0 atom stereocenters. The van der Waals surface area contributed by atoms with Gasteiger partial charge < -0.3 is 14.4 Å². The van der Waals surface area contributed by atoms with Crippen molar-refractivity contribution in [3.8, 4) is 11.5 Å². The van der Waals surface area contributed by atoms with Gasteiger partial charge in [0.25, 0.3) is 11.1 Å². The summed E-state index contributed by atoms with van der Waals surface area (Å²) in [6.07, 6.45) is 4.61. The number of carbonyl (C=O) groups excluding carboxylic acids is 3. The third-order valence-electron chi connectivity index (χ3n) is 5.81. The van der Waals surface area contributed by atoms with Crippen LogP contribution < -0.4 is 9.47 Å². The zero-order chi connectivity index (χ0) is 25.8. The first-order chi connectivity index (χ1) is 17.3. The number of rotatable bonds is 7. The molecule has 3 amide bonds. The Morgan fingerprint density at radius 2 is 1.89 bits per heavy atom. The fourth-order valence-corrected chi connectivity index (χ4v) is 6.00. The molecule has 36 heavy (non-hydrogen) atoms. The van der Waals surface area contributed by atoms with E-state index in [4.69, 9.17) is 32.7 Å². The highest BCUT2D eigenvalue weighted by molar-refractivity contribution is 14.1. The first-order valence-corrected chi connectivity index (χ1v) is 13.9. The highest BCUT2D eigenvalue weighted by Crippen LogP contribution is 2.38. The Balaban J connectivity index is 1.49. The Labute approximate surface area is 237 Å². The van der Waals surface area contributed by atoms with Crippen LogP contribution in [0.5, 0.6) is 11.5 Å². The summed E-state index contributed by atoms with van der Waals surface area (Å²) in [5.74, 6) is 0.332. The Kier molecular flexibility index (Phi) is 9.08. The maximum Gasteiger partial charge on any atom is 0.294 e. The number of nitrogens with zero attached hydrogens (tertiary/aromatic N) is 2. The predicted molar refractivity (Wildman–Crippen MR) is 150 cm³/mol. The van der Waals surface area contributed by atoms with Crippen molar-refractivity contribution in [1.29, 1.82) is 0 Å². The van der Waals surface area contributed by atoms with Crippen LogP contribution in [-0.2, 0) is 16.2 Å². The van der Waals surface area contributed by atoms with E-state index in [1.54, 1.807) is 35.2 Å². The van der Waals surface area contributed by atoms with Crippen molar-refractivity contribution in [3.05, 3.63) is 60.0 Å². The molecule has 4 rings (SSSR count). The number of ether oxygens (including phenoxy) is 2. The molecule has 0 radical (unpaired) electrons. The molecule has 11 heteroatoms. The number of hydrogen-bond acceptors (Lipinski definition) is 6. The molecule has 7 nitrogen and oxygen atoms in total. The van der Waals surface area contributed by atoms with Crippen molar-refractivity contribution < 1.29 is 23.9 Å². The van der Waals surface area contributed by atoms with E-state index in [2.05, 4.69) is 22.6 Å². The molecule has 2 heterocycles. The number of likely N-dealkylation sites (tertiary alicyclic amines) is 1. The van der Waals surface area contributed by atoms with E-state index in [9.17, 15) is 14.4 Å². The zero-order valence-corrected chi connectivity index (χ0v) is 23.9. The van der Waals surface area contributed by atoms with E-state index in [1.165, 1.54) is 7.11 Å². The molecular weight excluding hydrogens is 638 g/mol. The topological polar surface area (TPSA) is 76.2 Å². The summed E-state index contributed by atoms with van der Waals surface area (Å²) in [5.41, 5.74) is 1.44. The third kappa shape index (κ3) is 6.30. The number of halogens is 3. The molecule has 2 fully saturated rings. The van der Waals surface area contributed by atoms with Gasteiger partial charge in [0.05, 0.1) is 15.6 Å². The lowest BCUT2D eigenvalue weighted by atomic mass is 10.1. The van der Waals surface area contributed by atoms with E-state index in [0.29, 0.717) is 40.2 Å². The van der Waals surface area contributed by atoms with E-state index < -0.39 is 11.1 Å². The number of carbonyl (C=O) groups is 3. The normalized spacial score (nSPS) is 17.2. The highest BCUT2D eigenvalue weighted by atomic mass is 127. The summed E-state index contributed by atoms with van der Waals surface area (Å²) in [5, 5.41) is 0.598. The van der Waals surface area contributed by atoms with Crippen LogP contribution >= 0.6 is 57.6 Å². The molecule has 2 aromatic rings. The molecule has 0 unspecified atom stereocenters. The maximum atomic E-state index is 12.9. The molecule has 2 aliphatic heterocycles. The number of amides is 3. The minimum absolute atomic E-state index is 0.197. The Morgan fingerprint density at radius 1 is 1.14 bits per heavy atom. The number of piperidine rings is 1. The van der Waals surface area contributed by atoms with Gasteiger partial charge in [0.2, 0.25) is 5.91 Å². The van der Waals surface area contributed by atoms with E-state index in [-0.39, 0.29) is 24.0 Å². The fourth-order valence-electron chi connectivity index (χ4n) is 3.92. The molecule has 0 saturated carbocycles. The SMILES string of the molecule is COc1cc(/C=C2\SC(=O)N(CC(=O)N3CCCCC3)C2=O)cc(I)c1OCc1ccc(Cl)cc1Cl. The largest absolute Gasteiger partial charge is 0.493 e. The summed E-state index contributed by atoms with van der Waals surface area (Å²) in [6.45, 7) is 1.32. The monoisotopic (exact) mass is 660 g/mol. The van der Waals surface area contributed by atoms with Crippen molar-refractivity contribution in [1.82, 2.24) is 9.80 Å². The van der Waals surface area contributed by atoms with Crippen molar-refractivity contribution in [2.45, 2.75) is 25.9 Å². The van der Waals surface area contributed by atoms with Crippen LogP contribution in [0.4, 0.5) is 4.79 Å². The van der Waals surface area contributed by atoms with Gasteiger partial charge >= 0.3 is 0 Å². The number of imide groups is 1. The highest BCUT2D eigenvalue weighted by Gasteiger charge is 2.37. The van der Waals surface area contributed by atoms with Crippen molar-refractivity contribution in [2.75, 3.05) is 26.7 Å². The number of thioether (sulfide) groups is 1. The lowest BCUT2D eigenvalue weighted by Crippen LogP contribution is -2.44. The minimum atomic E-state index is -0.470. The van der Waals surface area contributed by atoms with Gasteiger partial charge in [0.15, 0.2) is 11.5 Å². The van der Waals surface area contributed by atoms with Crippen molar-refractivity contribution in [3.63, 3.8) is 0 Å². The number of hydrogen-bond donors (Lipinski definition) is 0. The van der Waals surface area contributed by atoms with Crippen LogP contribution in [0.15, 0.2) is 35.2 Å². The zero-order valence-electron chi connectivity index (χ0n) is 19.4. The number of methoxy groups -OCH3 is 1. The second kappa shape index (κ2) is 12.1. The summed E-state index contributed by atoms with van der Waals surface area (Å²) in [7, 11) is 1.53.